The van der Waals surface area contributed by atoms with Gasteiger partial charge >= 0.3 is 0 Å². The zero-order chi connectivity index (χ0) is 21.4. The van der Waals surface area contributed by atoms with Gasteiger partial charge in [-0.15, -0.1) is 0 Å². The summed E-state index contributed by atoms with van der Waals surface area (Å²) in [6, 6.07) is 11.2. The molecule has 7 heteroatoms. The van der Waals surface area contributed by atoms with Crippen molar-refractivity contribution in [3.8, 4) is 5.75 Å². The first kappa shape index (κ1) is 21.1. The monoisotopic (exact) mass is 449 g/mol. The van der Waals surface area contributed by atoms with Crippen molar-refractivity contribution in [1.29, 1.82) is 0 Å². The molecular formula is C23H22Cl2FNO3. The van der Waals surface area contributed by atoms with E-state index in [9.17, 15) is 14.0 Å². The molecule has 0 unspecified atom stereocenters. The number of halogens is 3. The Labute approximate surface area is 184 Å². The van der Waals surface area contributed by atoms with Gasteiger partial charge in [-0.3, -0.25) is 9.59 Å². The van der Waals surface area contributed by atoms with E-state index in [1.165, 1.54) is 12.1 Å². The van der Waals surface area contributed by atoms with E-state index in [4.69, 9.17) is 27.9 Å². The second-order valence-corrected chi connectivity index (χ2v) is 9.38. The highest BCUT2D eigenvalue weighted by atomic mass is 35.5. The van der Waals surface area contributed by atoms with Crippen LogP contribution in [-0.2, 0) is 16.0 Å². The molecule has 0 aliphatic heterocycles. The third-order valence-corrected chi connectivity index (χ3v) is 6.70. The summed E-state index contributed by atoms with van der Waals surface area (Å²) in [7, 11) is 0. The fourth-order valence-corrected chi connectivity index (χ4v) is 5.14. The zero-order valence-electron chi connectivity index (χ0n) is 16.3. The minimum Gasteiger partial charge on any atom is -0.484 e. The van der Waals surface area contributed by atoms with E-state index in [0.717, 1.165) is 24.8 Å². The third-order valence-electron chi connectivity index (χ3n) is 5.96. The lowest BCUT2D eigenvalue weighted by Gasteiger charge is -2.70. The Morgan fingerprint density at radius 1 is 1.07 bits per heavy atom. The summed E-state index contributed by atoms with van der Waals surface area (Å²) in [5, 5.41) is 3.84. The number of hydrogen-bond acceptors (Lipinski definition) is 3. The van der Waals surface area contributed by atoms with E-state index in [1.54, 1.807) is 24.3 Å². The topological polar surface area (TPSA) is 55.4 Å². The standard InChI is InChI=1S/C23H22Cl2FNO3/c24-19-7-6-18(9-20(19)25)30-11-21(29)27-23-12-22(13-23,14-23)10-17(28)5-4-15-2-1-3-16(26)8-15/h1-3,6-9H,4-5,10-14H2,(H,27,29). The van der Waals surface area contributed by atoms with Gasteiger partial charge in [0.15, 0.2) is 6.61 Å². The Bertz CT molecular complexity index is 974. The molecule has 0 atom stereocenters. The number of Topliss-reactive ketones (excluding diaryl/α,β-unsaturated/α-hetero) is 1. The molecule has 0 radical (unpaired) electrons. The Hall–Kier alpha value is -2.11. The molecule has 5 rings (SSSR count). The van der Waals surface area contributed by atoms with Crippen molar-refractivity contribution in [3.63, 3.8) is 0 Å². The van der Waals surface area contributed by atoms with Gasteiger partial charge in [0.2, 0.25) is 0 Å². The van der Waals surface area contributed by atoms with E-state index < -0.39 is 0 Å². The van der Waals surface area contributed by atoms with Crippen LogP contribution >= 0.6 is 23.2 Å². The average molecular weight is 450 g/mol. The Morgan fingerprint density at radius 3 is 2.53 bits per heavy atom. The number of carbonyl (C=O) groups excluding carboxylic acids is 2. The van der Waals surface area contributed by atoms with E-state index in [2.05, 4.69) is 5.32 Å². The first-order chi connectivity index (χ1) is 14.3. The minimum absolute atomic E-state index is 0.0247. The van der Waals surface area contributed by atoms with Crippen molar-refractivity contribution in [2.24, 2.45) is 5.41 Å². The van der Waals surface area contributed by atoms with E-state index in [0.29, 0.717) is 35.1 Å². The second kappa shape index (κ2) is 8.20. The molecule has 158 valence electrons. The van der Waals surface area contributed by atoms with Gasteiger partial charge in [0.25, 0.3) is 5.91 Å². The van der Waals surface area contributed by atoms with Crippen LogP contribution in [0.5, 0.6) is 5.75 Å². The highest BCUT2D eigenvalue weighted by Crippen LogP contribution is 2.69. The van der Waals surface area contributed by atoms with Crippen molar-refractivity contribution < 1.29 is 18.7 Å². The van der Waals surface area contributed by atoms with Crippen LogP contribution in [0.25, 0.3) is 0 Å². The van der Waals surface area contributed by atoms with Crippen LogP contribution in [0.2, 0.25) is 10.0 Å². The highest BCUT2D eigenvalue weighted by Gasteiger charge is 2.68. The number of hydrogen-bond donors (Lipinski definition) is 1. The maximum Gasteiger partial charge on any atom is 0.258 e. The number of benzene rings is 2. The van der Waals surface area contributed by atoms with Crippen LogP contribution in [0, 0.1) is 11.2 Å². The SMILES string of the molecule is O=C(CCc1cccc(F)c1)CC12CC(NC(=O)COc3ccc(Cl)c(Cl)c3)(C1)C2. The van der Waals surface area contributed by atoms with Crippen molar-refractivity contribution in [2.75, 3.05) is 6.61 Å². The highest BCUT2D eigenvalue weighted by molar-refractivity contribution is 6.42. The molecule has 0 spiro atoms. The molecule has 1 N–H and O–H groups in total. The number of ketones is 1. The number of ether oxygens (including phenoxy) is 1. The summed E-state index contributed by atoms with van der Waals surface area (Å²) >= 11 is 11.8. The molecule has 1 amide bonds. The van der Waals surface area contributed by atoms with Gasteiger partial charge in [-0.25, -0.2) is 4.39 Å². The van der Waals surface area contributed by atoms with Crippen LogP contribution in [0.3, 0.4) is 0 Å². The Kier molecular flexibility index (Phi) is 5.78. The summed E-state index contributed by atoms with van der Waals surface area (Å²) in [5.74, 6) is 0.214. The summed E-state index contributed by atoms with van der Waals surface area (Å²) in [4.78, 5) is 24.6. The predicted molar refractivity (Wildman–Crippen MR) is 113 cm³/mol. The first-order valence-corrected chi connectivity index (χ1v) is 10.7. The van der Waals surface area contributed by atoms with Crippen LogP contribution in [0.1, 0.15) is 37.7 Å². The van der Waals surface area contributed by atoms with E-state index in [-0.39, 0.29) is 35.1 Å². The van der Waals surface area contributed by atoms with Gasteiger partial charge in [0, 0.05) is 24.4 Å². The van der Waals surface area contributed by atoms with Gasteiger partial charge in [-0.05, 0) is 60.9 Å². The van der Waals surface area contributed by atoms with Gasteiger partial charge in [-0.1, -0.05) is 35.3 Å². The lowest BCUT2D eigenvalue weighted by molar-refractivity contribution is -0.172. The maximum absolute atomic E-state index is 13.2. The molecule has 4 nitrogen and oxygen atoms in total. The molecule has 2 aromatic carbocycles. The molecule has 30 heavy (non-hydrogen) atoms. The van der Waals surface area contributed by atoms with E-state index >= 15 is 0 Å². The summed E-state index contributed by atoms with van der Waals surface area (Å²) in [6.45, 7) is -0.0979. The number of aryl methyl sites for hydroxylation is 1. The van der Waals surface area contributed by atoms with Gasteiger partial charge in [-0.2, -0.15) is 0 Å². The molecule has 2 bridgehead atoms. The van der Waals surface area contributed by atoms with Crippen LogP contribution in [0.4, 0.5) is 4.39 Å². The Balaban J connectivity index is 1.17. The molecular weight excluding hydrogens is 428 g/mol. The molecule has 2 aromatic rings. The number of rotatable bonds is 9. The summed E-state index contributed by atoms with van der Waals surface area (Å²) in [6.07, 6.45) is 3.97. The molecule has 3 saturated carbocycles. The largest absolute Gasteiger partial charge is 0.484 e. The fourth-order valence-electron chi connectivity index (χ4n) is 4.85. The number of carbonyl (C=O) groups is 2. The smallest absolute Gasteiger partial charge is 0.258 e. The number of nitrogens with one attached hydrogen (secondary N) is 1. The van der Waals surface area contributed by atoms with Crippen LogP contribution < -0.4 is 10.1 Å². The minimum atomic E-state index is -0.278. The van der Waals surface area contributed by atoms with Crippen molar-refractivity contribution >= 4 is 34.9 Å². The van der Waals surface area contributed by atoms with Crippen molar-refractivity contribution in [2.45, 2.75) is 44.1 Å². The van der Waals surface area contributed by atoms with Gasteiger partial charge < -0.3 is 10.1 Å². The lowest BCUT2D eigenvalue weighted by Crippen LogP contribution is -2.75. The fraction of sp³-hybridized carbons (Fsp3) is 0.391. The third kappa shape index (κ3) is 4.62. The molecule has 0 heterocycles. The molecule has 0 saturated heterocycles. The first-order valence-electron chi connectivity index (χ1n) is 9.92. The van der Waals surface area contributed by atoms with Gasteiger partial charge in [0.05, 0.1) is 10.0 Å². The second-order valence-electron chi connectivity index (χ2n) is 8.57. The van der Waals surface area contributed by atoms with Crippen molar-refractivity contribution in [1.82, 2.24) is 5.32 Å². The summed E-state index contributed by atoms with van der Waals surface area (Å²) < 4.78 is 18.7. The Morgan fingerprint density at radius 2 is 1.83 bits per heavy atom. The average Bonchev–Trinajstić information content (AvgIpc) is 2.65. The normalized spacial score (nSPS) is 23.8. The quantitative estimate of drug-likeness (QED) is 0.576. The summed E-state index contributed by atoms with van der Waals surface area (Å²) in [5.41, 5.74) is 0.671. The lowest BCUT2D eigenvalue weighted by atomic mass is 9.38. The maximum atomic E-state index is 13.2. The molecule has 3 aliphatic carbocycles. The molecule has 3 fully saturated rings. The van der Waals surface area contributed by atoms with E-state index in [1.807, 2.05) is 6.07 Å². The number of amides is 1. The predicted octanol–water partition coefficient (Wildman–Crippen LogP) is 5.14. The zero-order valence-corrected chi connectivity index (χ0v) is 17.9. The van der Waals surface area contributed by atoms with Crippen LogP contribution in [-0.4, -0.2) is 23.8 Å². The van der Waals surface area contributed by atoms with Crippen molar-refractivity contribution in [3.05, 3.63) is 63.9 Å². The van der Waals surface area contributed by atoms with Crippen LogP contribution in [0.15, 0.2) is 42.5 Å². The molecule has 3 aliphatic rings. The molecule has 0 aromatic heterocycles. The van der Waals surface area contributed by atoms with Gasteiger partial charge in [0.1, 0.15) is 17.3 Å².